The molecule has 1 saturated heterocycles. The third-order valence-electron chi connectivity index (χ3n) is 3.12. The molecule has 1 fully saturated rings. The molecule has 2 aromatic rings. The third-order valence-corrected chi connectivity index (χ3v) is 6.43. The van der Waals surface area contributed by atoms with Crippen LogP contribution >= 0.6 is 11.3 Å². The molecule has 0 amide bonds. The fraction of sp³-hybridized carbons (Fsp3) is 0.417. The Balaban J connectivity index is 1.92. The maximum absolute atomic E-state index is 12.3. The second-order valence-electron chi connectivity index (χ2n) is 4.52. The number of benzene rings is 1. The van der Waals surface area contributed by atoms with E-state index in [1.54, 1.807) is 0 Å². The Bertz CT molecular complexity index is 625. The van der Waals surface area contributed by atoms with Crippen LogP contribution < -0.4 is 5.32 Å². The van der Waals surface area contributed by atoms with Crippen LogP contribution in [-0.2, 0) is 9.84 Å². The highest BCUT2D eigenvalue weighted by molar-refractivity contribution is 7.93. The molecule has 1 aliphatic heterocycles. The van der Waals surface area contributed by atoms with Crippen molar-refractivity contribution in [1.82, 2.24) is 10.3 Å². The lowest BCUT2D eigenvalue weighted by Crippen LogP contribution is -2.29. The van der Waals surface area contributed by atoms with Gasteiger partial charge in [0.2, 0.25) is 14.2 Å². The summed E-state index contributed by atoms with van der Waals surface area (Å²) in [5.74, 6) is 0.160. The van der Waals surface area contributed by atoms with E-state index < -0.39 is 9.84 Å². The van der Waals surface area contributed by atoms with E-state index in [0.717, 1.165) is 29.6 Å². The number of aromatic nitrogens is 1. The molecule has 18 heavy (non-hydrogen) atoms. The van der Waals surface area contributed by atoms with E-state index in [9.17, 15) is 8.42 Å². The number of nitrogens with zero attached hydrogens (tertiary/aromatic N) is 1. The van der Waals surface area contributed by atoms with Gasteiger partial charge in [-0.1, -0.05) is 12.1 Å². The average molecular weight is 282 g/mol. The number of hydrogen-bond acceptors (Lipinski definition) is 5. The van der Waals surface area contributed by atoms with Crippen LogP contribution in [0.25, 0.3) is 10.2 Å². The molecular weight excluding hydrogens is 268 g/mol. The van der Waals surface area contributed by atoms with Gasteiger partial charge in [0, 0.05) is 6.04 Å². The topological polar surface area (TPSA) is 59.1 Å². The van der Waals surface area contributed by atoms with Crippen LogP contribution in [0.15, 0.2) is 28.6 Å². The fourth-order valence-electron chi connectivity index (χ4n) is 2.22. The normalized spacial score (nSPS) is 20.6. The van der Waals surface area contributed by atoms with E-state index in [1.165, 1.54) is 11.3 Å². The molecule has 1 aromatic carbocycles. The number of nitrogens with one attached hydrogen (secondary N) is 1. The summed E-state index contributed by atoms with van der Waals surface area (Å²) >= 11 is 1.26. The molecule has 1 N–H and O–H groups in total. The van der Waals surface area contributed by atoms with Crippen molar-refractivity contribution in [3.63, 3.8) is 0 Å². The molecule has 1 aliphatic rings. The molecular formula is C12H14N2O2S2. The van der Waals surface area contributed by atoms with Gasteiger partial charge in [-0.15, -0.1) is 11.3 Å². The van der Waals surface area contributed by atoms with Crippen LogP contribution in [-0.4, -0.2) is 31.7 Å². The first kappa shape index (κ1) is 12.1. The summed E-state index contributed by atoms with van der Waals surface area (Å²) in [7, 11) is -3.26. The highest BCUT2D eigenvalue weighted by Crippen LogP contribution is 2.26. The number of fused-ring (bicyclic) bond motifs is 1. The first-order chi connectivity index (χ1) is 8.65. The quantitative estimate of drug-likeness (QED) is 0.933. The van der Waals surface area contributed by atoms with Crippen molar-refractivity contribution in [2.75, 3.05) is 12.3 Å². The van der Waals surface area contributed by atoms with Crippen LogP contribution in [0.5, 0.6) is 0 Å². The van der Waals surface area contributed by atoms with Crippen molar-refractivity contribution in [2.45, 2.75) is 23.2 Å². The lowest BCUT2D eigenvalue weighted by atomic mass is 10.3. The molecule has 1 atom stereocenters. The number of hydrogen-bond donors (Lipinski definition) is 1. The Morgan fingerprint density at radius 2 is 2.22 bits per heavy atom. The Morgan fingerprint density at radius 1 is 1.39 bits per heavy atom. The third kappa shape index (κ3) is 2.28. The number of para-hydroxylation sites is 1. The zero-order valence-corrected chi connectivity index (χ0v) is 11.4. The Hall–Kier alpha value is -0.980. The fourth-order valence-corrected chi connectivity index (χ4v) is 5.09. The monoisotopic (exact) mass is 282 g/mol. The van der Waals surface area contributed by atoms with Gasteiger partial charge in [-0.05, 0) is 31.5 Å². The van der Waals surface area contributed by atoms with Crippen molar-refractivity contribution in [1.29, 1.82) is 0 Å². The van der Waals surface area contributed by atoms with Gasteiger partial charge in [0.25, 0.3) is 0 Å². The number of thiazole rings is 1. The molecule has 2 heterocycles. The summed E-state index contributed by atoms with van der Waals surface area (Å²) in [6.45, 7) is 0.917. The molecule has 0 unspecified atom stereocenters. The Labute approximate surface area is 110 Å². The summed E-state index contributed by atoms with van der Waals surface area (Å²) in [6, 6.07) is 7.60. The molecule has 4 nitrogen and oxygen atoms in total. The number of sulfone groups is 1. The Kier molecular flexibility index (Phi) is 3.09. The predicted octanol–water partition coefficient (Wildman–Crippen LogP) is 1.82. The number of rotatable bonds is 3. The van der Waals surface area contributed by atoms with Crippen molar-refractivity contribution >= 4 is 31.4 Å². The summed E-state index contributed by atoms with van der Waals surface area (Å²) in [5.41, 5.74) is 0.764. The minimum Gasteiger partial charge on any atom is -0.313 e. The van der Waals surface area contributed by atoms with Gasteiger partial charge in [-0.25, -0.2) is 13.4 Å². The summed E-state index contributed by atoms with van der Waals surface area (Å²) in [5, 5.41) is 3.21. The molecule has 0 spiro atoms. The molecule has 0 bridgehead atoms. The van der Waals surface area contributed by atoms with E-state index in [0.29, 0.717) is 0 Å². The lowest BCUT2D eigenvalue weighted by molar-refractivity contribution is 0.576. The molecule has 6 heteroatoms. The maximum Gasteiger partial charge on any atom is 0.210 e. The molecule has 0 aliphatic carbocycles. The van der Waals surface area contributed by atoms with Gasteiger partial charge in [0.05, 0.1) is 16.0 Å². The van der Waals surface area contributed by atoms with E-state index in [-0.39, 0.29) is 16.1 Å². The van der Waals surface area contributed by atoms with Gasteiger partial charge in [0.15, 0.2) is 0 Å². The summed E-state index contributed by atoms with van der Waals surface area (Å²) in [6.07, 6.45) is 1.99. The van der Waals surface area contributed by atoms with Crippen molar-refractivity contribution in [3.8, 4) is 0 Å². The van der Waals surface area contributed by atoms with Gasteiger partial charge < -0.3 is 5.32 Å². The second kappa shape index (κ2) is 4.60. The van der Waals surface area contributed by atoms with Crippen molar-refractivity contribution in [2.24, 2.45) is 0 Å². The van der Waals surface area contributed by atoms with E-state index in [2.05, 4.69) is 10.3 Å². The van der Waals surface area contributed by atoms with E-state index >= 15 is 0 Å². The highest BCUT2D eigenvalue weighted by Gasteiger charge is 2.26. The van der Waals surface area contributed by atoms with Crippen molar-refractivity contribution in [3.05, 3.63) is 24.3 Å². The predicted molar refractivity (Wildman–Crippen MR) is 72.7 cm³/mol. The molecule has 0 saturated carbocycles. The lowest BCUT2D eigenvalue weighted by Gasteiger charge is -2.08. The highest BCUT2D eigenvalue weighted by atomic mass is 32.2. The van der Waals surface area contributed by atoms with Gasteiger partial charge in [-0.3, -0.25) is 0 Å². The zero-order chi connectivity index (χ0) is 12.6. The summed E-state index contributed by atoms with van der Waals surface area (Å²) in [4.78, 5) is 4.23. The maximum atomic E-state index is 12.3. The molecule has 96 valence electrons. The van der Waals surface area contributed by atoms with E-state index in [1.807, 2.05) is 24.3 Å². The smallest absolute Gasteiger partial charge is 0.210 e. The van der Waals surface area contributed by atoms with Crippen LogP contribution in [0.4, 0.5) is 0 Å². The first-order valence-electron chi connectivity index (χ1n) is 5.97. The summed E-state index contributed by atoms with van der Waals surface area (Å²) < 4.78 is 25.7. The van der Waals surface area contributed by atoms with Crippen LogP contribution in [0.3, 0.4) is 0 Å². The van der Waals surface area contributed by atoms with Crippen LogP contribution in [0, 0.1) is 0 Å². The standard InChI is InChI=1S/C12H14N2O2S2/c15-18(16,8-9-4-3-7-13-9)12-14-10-5-1-2-6-11(10)17-12/h1-2,5-6,9,13H,3-4,7-8H2/t9-/m1/s1. The largest absolute Gasteiger partial charge is 0.313 e. The average Bonchev–Trinajstić information content (AvgIpc) is 2.96. The molecule has 3 rings (SSSR count). The zero-order valence-electron chi connectivity index (χ0n) is 9.80. The SMILES string of the molecule is O=S(=O)(C[C@H]1CCCN1)c1nc2ccccc2s1. The van der Waals surface area contributed by atoms with Crippen molar-refractivity contribution < 1.29 is 8.42 Å². The van der Waals surface area contributed by atoms with Gasteiger partial charge in [0.1, 0.15) is 0 Å². The van der Waals surface area contributed by atoms with Gasteiger partial charge in [-0.2, -0.15) is 0 Å². The van der Waals surface area contributed by atoms with Crippen LogP contribution in [0.2, 0.25) is 0 Å². The first-order valence-corrected chi connectivity index (χ1v) is 8.44. The van der Waals surface area contributed by atoms with E-state index in [4.69, 9.17) is 0 Å². The molecule has 0 radical (unpaired) electrons. The molecule has 1 aromatic heterocycles. The van der Waals surface area contributed by atoms with Crippen LogP contribution in [0.1, 0.15) is 12.8 Å². The minimum absolute atomic E-state index is 0.0852. The second-order valence-corrected chi connectivity index (χ2v) is 7.76. The van der Waals surface area contributed by atoms with Gasteiger partial charge >= 0.3 is 0 Å². The minimum atomic E-state index is -3.26. The Morgan fingerprint density at radius 3 is 2.94 bits per heavy atom.